The van der Waals surface area contributed by atoms with E-state index in [0.717, 1.165) is 42.2 Å². The van der Waals surface area contributed by atoms with E-state index in [-0.39, 0.29) is 12.1 Å². The van der Waals surface area contributed by atoms with E-state index >= 15 is 0 Å². The number of nitrogens with zero attached hydrogens (tertiary/aromatic N) is 1. The van der Waals surface area contributed by atoms with Crippen LogP contribution in [0.1, 0.15) is 34.6 Å². The zero-order chi connectivity index (χ0) is 19.2. The highest BCUT2D eigenvalue weighted by atomic mass is 32.2. The summed E-state index contributed by atoms with van der Waals surface area (Å²) < 4.78 is 5.56. The van der Waals surface area contributed by atoms with Crippen molar-refractivity contribution in [1.29, 1.82) is 0 Å². The van der Waals surface area contributed by atoms with Crippen molar-refractivity contribution in [1.82, 2.24) is 10.2 Å². The van der Waals surface area contributed by atoms with Crippen LogP contribution in [0.25, 0.3) is 0 Å². The fraction of sp³-hybridized carbons (Fsp3) is 0.261. The fourth-order valence-electron chi connectivity index (χ4n) is 3.54. The Labute approximate surface area is 169 Å². The first-order valence-corrected chi connectivity index (χ1v) is 10.7. The average Bonchev–Trinajstić information content (AvgIpc) is 3.17. The predicted octanol–water partition coefficient (Wildman–Crippen LogP) is 5.26. The molecule has 2 aromatic carbocycles. The van der Waals surface area contributed by atoms with Crippen LogP contribution in [0.2, 0.25) is 0 Å². The maximum absolute atomic E-state index is 13.1. The van der Waals surface area contributed by atoms with E-state index in [1.807, 2.05) is 65.2 Å². The fourth-order valence-corrected chi connectivity index (χ4v) is 4.72. The molecule has 0 saturated carbocycles. The average molecular weight is 393 g/mol. The van der Waals surface area contributed by atoms with E-state index in [4.69, 9.17) is 4.42 Å². The monoisotopic (exact) mass is 392 g/mol. The van der Waals surface area contributed by atoms with Gasteiger partial charge in [0.05, 0.1) is 17.6 Å². The van der Waals surface area contributed by atoms with Gasteiger partial charge in [-0.15, -0.1) is 11.8 Å². The van der Waals surface area contributed by atoms with Crippen LogP contribution in [0.3, 0.4) is 0 Å². The number of nitrogens with one attached hydrogen (secondary N) is 1. The quantitative estimate of drug-likeness (QED) is 0.659. The lowest BCUT2D eigenvalue weighted by atomic mass is 9.99. The molecule has 3 aromatic rings. The van der Waals surface area contributed by atoms with Gasteiger partial charge in [-0.3, -0.25) is 0 Å². The second-order valence-corrected chi connectivity index (χ2v) is 8.17. The highest BCUT2D eigenvalue weighted by Crippen LogP contribution is 2.34. The number of carbonyl (C=O) groups is 1. The summed E-state index contributed by atoms with van der Waals surface area (Å²) in [5.41, 5.74) is 2.17. The van der Waals surface area contributed by atoms with E-state index in [0.29, 0.717) is 5.25 Å². The minimum Gasteiger partial charge on any atom is -0.468 e. The lowest BCUT2D eigenvalue weighted by Gasteiger charge is -2.26. The summed E-state index contributed by atoms with van der Waals surface area (Å²) in [4.78, 5) is 15.0. The maximum Gasteiger partial charge on any atom is 0.318 e. The molecule has 1 aliphatic rings. The van der Waals surface area contributed by atoms with E-state index in [1.54, 1.807) is 6.26 Å². The van der Waals surface area contributed by atoms with Gasteiger partial charge in [-0.05, 0) is 29.7 Å². The summed E-state index contributed by atoms with van der Waals surface area (Å²) >= 11 is 1.86. The third-order valence-corrected chi connectivity index (χ3v) is 6.31. The summed E-state index contributed by atoms with van der Waals surface area (Å²) in [7, 11) is 0. The van der Waals surface area contributed by atoms with Gasteiger partial charge in [0, 0.05) is 18.8 Å². The minimum atomic E-state index is -0.160. The molecule has 4 nitrogen and oxygen atoms in total. The SMILES string of the molecule is O=C(NC(c1ccccc1)c1ccccc1)N1CCSC(c2ccco2)CC1. The van der Waals surface area contributed by atoms with Crippen LogP contribution < -0.4 is 5.32 Å². The second-order valence-electron chi connectivity index (χ2n) is 6.85. The molecular formula is C23H24N2O2S. The van der Waals surface area contributed by atoms with E-state index in [2.05, 4.69) is 29.6 Å². The number of urea groups is 1. The highest BCUT2D eigenvalue weighted by molar-refractivity contribution is 7.99. The first-order chi connectivity index (χ1) is 13.8. The van der Waals surface area contributed by atoms with Gasteiger partial charge in [0.2, 0.25) is 0 Å². The second kappa shape index (κ2) is 9.02. The summed E-state index contributed by atoms with van der Waals surface area (Å²) in [5.74, 6) is 1.90. The number of hydrogen-bond donors (Lipinski definition) is 1. The van der Waals surface area contributed by atoms with Gasteiger partial charge < -0.3 is 14.6 Å². The normalized spacial score (nSPS) is 17.3. The number of amides is 2. The molecule has 1 aromatic heterocycles. The van der Waals surface area contributed by atoms with Crippen LogP contribution in [-0.2, 0) is 0 Å². The van der Waals surface area contributed by atoms with Crippen LogP contribution in [0.5, 0.6) is 0 Å². The zero-order valence-electron chi connectivity index (χ0n) is 15.7. The molecule has 1 saturated heterocycles. The predicted molar refractivity (Wildman–Crippen MR) is 113 cm³/mol. The smallest absolute Gasteiger partial charge is 0.318 e. The Bertz CT molecular complexity index is 829. The number of thioether (sulfide) groups is 1. The van der Waals surface area contributed by atoms with Crippen LogP contribution in [0.4, 0.5) is 4.79 Å². The first kappa shape index (κ1) is 18.7. The summed E-state index contributed by atoms with van der Waals surface area (Å²) in [6.45, 7) is 1.46. The van der Waals surface area contributed by atoms with Crippen molar-refractivity contribution in [3.05, 3.63) is 95.9 Å². The van der Waals surface area contributed by atoms with Crippen LogP contribution in [-0.4, -0.2) is 29.8 Å². The van der Waals surface area contributed by atoms with Crippen LogP contribution in [0.15, 0.2) is 83.5 Å². The van der Waals surface area contributed by atoms with Crippen molar-refractivity contribution >= 4 is 17.8 Å². The molecule has 0 aliphatic carbocycles. The molecule has 1 fully saturated rings. The Kier molecular flexibility index (Phi) is 6.02. The third kappa shape index (κ3) is 4.42. The molecule has 0 bridgehead atoms. The number of hydrogen-bond acceptors (Lipinski definition) is 3. The molecule has 0 spiro atoms. The van der Waals surface area contributed by atoms with Crippen molar-refractivity contribution in [2.45, 2.75) is 17.7 Å². The Morgan fingerprint density at radius 3 is 2.25 bits per heavy atom. The Hall–Kier alpha value is -2.66. The van der Waals surface area contributed by atoms with Crippen molar-refractivity contribution in [2.24, 2.45) is 0 Å². The molecule has 5 heteroatoms. The number of carbonyl (C=O) groups excluding carboxylic acids is 1. The first-order valence-electron chi connectivity index (χ1n) is 9.61. The minimum absolute atomic E-state index is 0.0154. The largest absolute Gasteiger partial charge is 0.468 e. The molecule has 28 heavy (non-hydrogen) atoms. The topological polar surface area (TPSA) is 45.5 Å². The van der Waals surface area contributed by atoms with Gasteiger partial charge in [0.1, 0.15) is 5.76 Å². The lowest BCUT2D eigenvalue weighted by molar-refractivity contribution is 0.198. The van der Waals surface area contributed by atoms with Crippen molar-refractivity contribution in [2.75, 3.05) is 18.8 Å². The number of benzene rings is 2. The molecule has 1 unspecified atom stereocenters. The van der Waals surface area contributed by atoms with E-state index < -0.39 is 0 Å². The Balaban J connectivity index is 1.47. The van der Waals surface area contributed by atoms with Crippen LogP contribution >= 0.6 is 11.8 Å². The van der Waals surface area contributed by atoms with Gasteiger partial charge in [0.15, 0.2) is 0 Å². The molecule has 2 amide bonds. The lowest BCUT2D eigenvalue weighted by Crippen LogP contribution is -2.43. The molecular weight excluding hydrogens is 368 g/mol. The molecule has 4 rings (SSSR count). The van der Waals surface area contributed by atoms with E-state index in [9.17, 15) is 4.79 Å². The standard InChI is InChI=1S/C23H24N2O2S/c26-23(25-14-13-21(28-17-15-25)20-12-7-16-27-20)24-22(18-8-3-1-4-9-18)19-10-5-2-6-11-19/h1-12,16,21-22H,13-15,17H2,(H,24,26). The van der Waals surface area contributed by atoms with Crippen molar-refractivity contribution in [3.63, 3.8) is 0 Å². The summed E-state index contributed by atoms with van der Waals surface area (Å²) in [6, 6.07) is 24.0. The molecule has 0 radical (unpaired) electrons. The van der Waals surface area contributed by atoms with Gasteiger partial charge in [-0.1, -0.05) is 60.7 Å². The van der Waals surface area contributed by atoms with E-state index in [1.165, 1.54) is 0 Å². The molecule has 2 heterocycles. The summed E-state index contributed by atoms with van der Waals surface area (Å²) in [5, 5.41) is 3.56. The summed E-state index contributed by atoms with van der Waals surface area (Å²) in [6.07, 6.45) is 2.61. The third-order valence-electron chi connectivity index (χ3n) is 5.02. The molecule has 1 aliphatic heterocycles. The van der Waals surface area contributed by atoms with Gasteiger partial charge in [0.25, 0.3) is 0 Å². The van der Waals surface area contributed by atoms with Gasteiger partial charge in [-0.2, -0.15) is 0 Å². The van der Waals surface area contributed by atoms with Gasteiger partial charge in [-0.25, -0.2) is 4.79 Å². The van der Waals surface area contributed by atoms with Gasteiger partial charge >= 0.3 is 6.03 Å². The molecule has 1 atom stereocenters. The highest BCUT2D eigenvalue weighted by Gasteiger charge is 2.25. The van der Waals surface area contributed by atoms with Crippen LogP contribution in [0, 0.1) is 0 Å². The van der Waals surface area contributed by atoms with Crippen molar-refractivity contribution < 1.29 is 9.21 Å². The zero-order valence-corrected chi connectivity index (χ0v) is 16.5. The molecule has 144 valence electrons. The number of furan rings is 1. The maximum atomic E-state index is 13.1. The number of rotatable bonds is 4. The molecule has 1 N–H and O–H groups in total. The Morgan fingerprint density at radius 2 is 1.64 bits per heavy atom. The van der Waals surface area contributed by atoms with Crippen molar-refractivity contribution in [3.8, 4) is 0 Å². The Morgan fingerprint density at radius 1 is 0.964 bits per heavy atom.